The summed E-state index contributed by atoms with van der Waals surface area (Å²) in [4.78, 5) is 0. The average molecular weight is 348 g/mol. The summed E-state index contributed by atoms with van der Waals surface area (Å²) in [6.45, 7) is 0.759. The lowest BCUT2D eigenvalue weighted by molar-refractivity contribution is 0.806. The van der Waals surface area contributed by atoms with Gasteiger partial charge in [-0.05, 0) is 41.8 Å². The molecule has 0 saturated carbocycles. The van der Waals surface area contributed by atoms with E-state index >= 15 is 0 Å². The van der Waals surface area contributed by atoms with Crippen molar-refractivity contribution in [2.75, 3.05) is 12.3 Å². The molecule has 0 spiro atoms. The van der Waals surface area contributed by atoms with Crippen LogP contribution in [0.3, 0.4) is 0 Å². The van der Waals surface area contributed by atoms with Gasteiger partial charge in [-0.15, -0.1) is 11.8 Å². The third-order valence-electron chi connectivity index (χ3n) is 4.46. The molecule has 0 aliphatic rings. The van der Waals surface area contributed by atoms with E-state index in [4.69, 9.17) is 5.73 Å². The van der Waals surface area contributed by atoms with Gasteiger partial charge in [0.2, 0.25) is 0 Å². The Balaban J connectivity index is 2.13. The fourth-order valence-corrected chi connectivity index (χ4v) is 4.80. The second kappa shape index (κ2) is 8.89. The first-order valence-corrected chi connectivity index (χ1v) is 9.87. The highest BCUT2D eigenvalue weighted by Gasteiger charge is 2.36. The van der Waals surface area contributed by atoms with Gasteiger partial charge in [0.05, 0.1) is 4.75 Å². The lowest BCUT2D eigenvalue weighted by Gasteiger charge is -2.35. The number of rotatable bonds is 8. The van der Waals surface area contributed by atoms with E-state index in [9.17, 15) is 0 Å². The molecule has 0 aliphatic carbocycles. The van der Waals surface area contributed by atoms with Gasteiger partial charge in [0.15, 0.2) is 0 Å². The highest BCUT2D eigenvalue weighted by Crippen LogP contribution is 2.48. The van der Waals surface area contributed by atoms with E-state index in [0.29, 0.717) is 0 Å². The largest absolute Gasteiger partial charge is 0.330 e. The monoisotopic (exact) mass is 347 g/mol. The van der Waals surface area contributed by atoms with E-state index < -0.39 is 0 Å². The van der Waals surface area contributed by atoms with Crippen LogP contribution in [0.25, 0.3) is 0 Å². The lowest BCUT2D eigenvalue weighted by Crippen LogP contribution is -2.26. The second-order valence-electron chi connectivity index (χ2n) is 6.12. The van der Waals surface area contributed by atoms with Crippen molar-refractivity contribution in [3.8, 4) is 0 Å². The van der Waals surface area contributed by atoms with Crippen LogP contribution < -0.4 is 5.73 Å². The van der Waals surface area contributed by atoms with Crippen LogP contribution in [0.15, 0.2) is 91.0 Å². The minimum atomic E-state index is -0.196. The predicted octanol–water partition coefficient (Wildman–Crippen LogP) is 5.45. The van der Waals surface area contributed by atoms with E-state index in [0.717, 1.165) is 25.1 Å². The van der Waals surface area contributed by atoms with Gasteiger partial charge < -0.3 is 5.73 Å². The third kappa shape index (κ3) is 3.97. The van der Waals surface area contributed by atoms with Gasteiger partial charge in [0, 0.05) is 0 Å². The van der Waals surface area contributed by atoms with Crippen molar-refractivity contribution in [2.24, 2.45) is 5.73 Å². The topological polar surface area (TPSA) is 26.0 Å². The van der Waals surface area contributed by atoms with Crippen LogP contribution in [0, 0.1) is 0 Å². The summed E-state index contributed by atoms with van der Waals surface area (Å²) in [6, 6.07) is 32.5. The van der Waals surface area contributed by atoms with Crippen LogP contribution in [-0.4, -0.2) is 12.3 Å². The van der Waals surface area contributed by atoms with Crippen molar-refractivity contribution in [3.05, 3.63) is 108 Å². The van der Waals surface area contributed by atoms with Gasteiger partial charge in [0.1, 0.15) is 0 Å². The summed E-state index contributed by atoms with van der Waals surface area (Å²) in [5.74, 6) is 1.08. The number of nitrogens with two attached hydrogens (primary N) is 1. The van der Waals surface area contributed by atoms with Gasteiger partial charge in [0.25, 0.3) is 0 Å². The minimum absolute atomic E-state index is 0.196. The number of hydrogen-bond acceptors (Lipinski definition) is 2. The Kier molecular flexibility index (Phi) is 6.32. The number of benzene rings is 3. The van der Waals surface area contributed by atoms with Crippen molar-refractivity contribution < 1.29 is 0 Å². The molecule has 0 unspecified atom stereocenters. The normalized spacial score (nSPS) is 11.4. The molecule has 1 nitrogen and oxygen atoms in total. The Bertz CT molecular complexity index is 644. The van der Waals surface area contributed by atoms with Crippen LogP contribution in [0.1, 0.15) is 29.5 Å². The van der Waals surface area contributed by atoms with Gasteiger partial charge in [-0.3, -0.25) is 0 Å². The first kappa shape index (κ1) is 17.8. The molecule has 0 amide bonds. The summed E-state index contributed by atoms with van der Waals surface area (Å²) in [7, 11) is 0. The average Bonchev–Trinajstić information content (AvgIpc) is 2.70. The Morgan fingerprint density at radius 3 is 1.36 bits per heavy atom. The van der Waals surface area contributed by atoms with Crippen LogP contribution in [0.4, 0.5) is 0 Å². The molecule has 0 atom stereocenters. The van der Waals surface area contributed by atoms with Crippen molar-refractivity contribution in [1.82, 2.24) is 0 Å². The van der Waals surface area contributed by atoms with Gasteiger partial charge in [-0.25, -0.2) is 0 Å². The molecular weight excluding hydrogens is 322 g/mol. The third-order valence-corrected chi connectivity index (χ3v) is 6.09. The highest BCUT2D eigenvalue weighted by molar-refractivity contribution is 8.00. The molecule has 25 heavy (non-hydrogen) atoms. The standard InChI is InChI=1S/C23H25NS/c24-18-10-11-19-25-23(20-12-4-1-5-13-20,21-14-6-2-7-15-21)22-16-8-3-9-17-22/h1-9,12-17H,10-11,18-19,24H2. The van der Waals surface area contributed by atoms with Crippen molar-refractivity contribution >= 4 is 11.8 Å². The first-order chi connectivity index (χ1) is 12.4. The van der Waals surface area contributed by atoms with Gasteiger partial charge in [-0.2, -0.15) is 0 Å². The molecule has 3 aromatic carbocycles. The maximum atomic E-state index is 5.70. The molecule has 0 aromatic heterocycles. The molecule has 0 bridgehead atoms. The quantitative estimate of drug-likeness (QED) is 0.433. The number of hydrogen-bond donors (Lipinski definition) is 1. The number of thioether (sulfide) groups is 1. The summed E-state index contributed by atoms with van der Waals surface area (Å²) < 4.78 is -0.196. The second-order valence-corrected chi connectivity index (χ2v) is 7.43. The van der Waals surface area contributed by atoms with Crippen LogP contribution in [0.5, 0.6) is 0 Å². The van der Waals surface area contributed by atoms with Crippen LogP contribution in [0.2, 0.25) is 0 Å². The van der Waals surface area contributed by atoms with Crippen molar-refractivity contribution in [1.29, 1.82) is 0 Å². The van der Waals surface area contributed by atoms with Crippen molar-refractivity contribution in [2.45, 2.75) is 17.6 Å². The molecule has 0 radical (unpaired) electrons. The Morgan fingerprint density at radius 1 is 0.600 bits per heavy atom. The Labute approximate surface area is 155 Å². The zero-order valence-corrected chi connectivity index (χ0v) is 15.3. The molecule has 2 N–H and O–H groups in total. The molecule has 3 rings (SSSR count). The van der Waals surface area contributed by atoms with Gasteiger partial charge in [-0.1, -0.05) is 91.0 Å². The van der Waals surface area contributed by atoms with Crippen LogP contribution in [-0.2, 0) is 4.75 Å². The van der Waals surface area contributed by atoms with Gasteiger partial charge >= 0.3 is 0 Å². The Morgan fingerprint density at radius 2 is 1.00 bits per heavy atom. The summed E-state index contributed by atoms with van der Waals surface area (Å²) in [6.07, 6.45) is 2.21. The van der Waals surface area contributed by atoms with E-state index in [-0.39, 0.29) is 4.75 Å². The maximum absolute atomic E-state index is 5.70. The fourth-order valence-electron chi connectivity index (χ4n) is 3.24. The molecule has 3 aromatic rings. The SMILES string of the molecule is NCCCCSC(c1ccccc1)(c1ccccc1)c1ccccc1. The molecule has 0 saturated heterocycles. The van der Waals surface area contributed by atoms with Crippen molar-refractivity contribution in [3.63, 3.8) is 0 Å². The molecule has 0 heterocycles. The fraction of sp³-hybridized carbons (Fsp3) is 0.217. The molecule has 0 aliphatic heterocycles. The zero-order chi connectivity index (χ0) is 17.4. The van der Waals surface area contributed by atoms with E-state index in [1.807, 2.05) is 11.8 Å². The molecule has 0 fully saturated rings. The zero-order valence-electron chi connectivity index (χ0n) is 14.5. The lowest BCUT2D eigenvalue weighted by atomic mass is 9.84. The highest BCUT2D eigenvalue weighted by atomic mass is 32.2. The summed E-state index contributed by atoms with van der Waals surface area (Å²) >= 11 is 2.01. The summed E-state index contributed by atoms with van der Waals surface area (Å²) in [5.41, 5.74) is 9.68. The summed E-state index contributed by atoms with van der Waals surface area (Å²) in [5, 5.41) is 0. The van der Waals surface area contributed by atoms with Crippen LogP contribution >= 0.6 is 11.8 Å². The van der Waals surface area contributed by atoms with E-state index in [1.54, 1.807) is 0 Å². The minimum Gasteiger partial charge on any atom is -0.330 e. The van der Waals surface area contributed by atoms with E-state index in [2.05, 4.69) is 91.0 Å². The molecule has 2 heteroatoms. The predicted molar refractivity (Wildman–Crippen MR) is 110 cm³/mol. The number of unbranched alkanes of at least 4 members (excludes halogenated alkanes) is 1. The maximum Gasteiger partial charge on any atom is 0.0906 e. The molecule has 128 valence electrons. The Hall–Kier alpha value is -2.03. The smallest absolute Gasteiger partial charge is 0.0906 e. The molecular formula is C23H25NS. The first-order valence-electron chi connectivity index (χ1n) is 8.88. The van der Waals surface area contributed by atoms with E-state index in [1.165, 1.54) is 16.7 Å².